The summed E-state index contributed by atoms with van der Waals surface area (Å²) in [6.07, 6.45) is 87.4. The summed E-state index contributed by atoms with van der Waals surface area (Å²) in [7, 11) is 0. The van der Waals surface area contributed by atoms with Gasteiger partial charge in [0.1, 0.15) is 13.2 Å². The fourth-order valence-electron chi connectivity index (χ4n) is 11.2. The van der Waals surface area contributed by atoms with Crippen molar-refractivity contribution >= 4 is 17.9 Å². The molecule has 0 rings (SSSR count). The van der Waals surface area contributed by atoms with Crippen molar-refractivity contribution in [2.24, 2.45) is 0 Å². The molecule has 0 aliphatic carbocycles. The van der Waals surface area contributed by atoms with Gasteiger partial charge in [0.2, 0.25) is 0 Å². The van der Waals surface area contributed by atoms with E-state index in [2.05, 4.69) is 57.2 Å². The summed E-state index contributed by atoms with van der Waals surface area (Å²) in [5, 5.41) is 0. The topological polar surface area (TPSA) is 78.9 Å². The van der Waals surface area contributed by atoms with Gasteiger partial charge in [-0.2, -0.15) is 0 Å². The van der Waals surface area contributed by atoms with E-state index in [0.29, 0.717) is 19.3 Å². The number of carbonyl (C=O) groups is 3. The first-order valence-electron chi connectivity index (χ1n) is 36.5. The zero-order valence-electron chi connectivity index (χ0n) is 54.8. The van der Waals surface area contributed by atoms with Gasteiger partial charge in [0.15, 0.2) is 6.10 Å². The van der Waals surface area contributed by atoms with E-state index in [1.54, 1.807) is 0 Å². The molecule has 1 unspecified atom stereocenters. The highest BCUT2D eigenvalue weighted by Crippen LogP contribution is 2.19. The molecule has 0 amide bonds. The summed E-state index contributed by atoms with van der Waals surface area (Å²) in [6, 6.07) is 0. The lowest BCUT2D eigenvalue weighted by Gasteiger charge is -2.18. The van der Waals surface area contributed by atoms with Crippen molar-refractivity contribution in [3.05, 3.63) is 36.5 Å². The predicted molar refractivity (Wildman–Crippen MR) is 353 cm³/mol. The van der Waals surface area contributed by atoms with Crippen LogP contribution in [0.4, 0.5) is 0 Å². The van der Waals surface area contributed by atoms with Crippen LogP contribution in [0.2, 0.25) is 0 Å². The van der Waals surface area contributed by atoms with Gasteiger partial charge in [-0.15, -0.1) is 0 Å². The second-order valence-electron chi connectivity index (χ2n) is 24.9. The molecule has 476 valence electrons. The van der Waals surface area contributed by atoms with Gasteiger partial charge in [-0.05, 0) is 57.8 Å². The highest BCUT2D eigenvalue weighted by atomic mass is 16.6. The molecule has 1 atom stereocenters. The SMILES string of the molecule is CCCCCCC/C=C\C/C=C\C/C=C\CCCCCCCCCCC(=O)OC(COC(=O)CCCCCCCCCCCCCCCCCC)COC(=O)CCCCCCCCCCCCCCCCCCCCCCCCCC. The molecule has 6 nitrogen and oxygen atoms in total. The summed E-state index contributed by atoms with van der Waals surface area (Å²) in [6.45, 7) is 6.71. The van der Waals surface area contributed by atoms with Crippen LogP contribution in [0.25, 0.3) is 0 Å². The zero-order chi connectivity index (χ0) is 58.5. The molecular formula is C75H140O6. The first kappa shape index (κ1) is 78.6. The number of esters is 3. The number of allylic oxidation sites excluding steroid dienone is 6. The third-order valence-electron chi connectivity index (χ3n) is 16.6. The lowest BCUT2D eigenvalue weighted by molar-refractivity contribution is -0.167. The van der Waals surface area contributed by atoms with Crippen LogP contribution in [0.15, 0.2) is 36.5 Å². The lowest BCUT2D eigenvalue weighted by atomic mass is 10.0. The Balaban J connectivity index is 4.29. The van der Waals surface area contributed by atoms with Crippen LogP contribution >= 0.6 is 0 Å². The van der Waals surface area contributed by atoms with Crippen LogP contribution in [-0.4, -0.2) is 37.2 Å². The standard InChI is InChI=1S/C75H140O6/c1-4-7-10-13-16-19-22-25-28-31-33-35-37-39-40-42-44-47-50-53-56-59-62-65-68-74(77)80-71-72(70-79-73(76)67-64-61-58-55-52-49-46-30-27-24-21-18-15-12-9-6-3)81-75(78)69-66-63-60-57-54-51-48-45-43-41-38-36-34-32-29-26-23-20-17-14-11-8-5-2/h23,26,32,34,38,41,72H,4-22,24-25,27-31,33,35-37,39-40,42-71H2,1-3H3/b26-23-,34-32-,41-38-. The Labute approximate surface area is 506 Å². The maximum atomic E-state index is 13.0. The number of rotatable bonds is 68. The first-order valence-corrected chi connectivity index (χ1v) is 36.5. The van der Waals surface area contributed by atoms with E-state index in [9.17, 15) is 14.4 Å². The predicted octanol–water partition coefficient (Wildman–Crippen LogP) is 25.1. The monoisotopic (exact) mass is 1140 g/mol. The quantitative estimate of drug-likeness (QED) is 0.0261. The second kappa shape index (κ2) is 70.1. The van der Waals surface area contributed by atoms with Crippen molar-refractivity contribution in [3.63, 3.8) is 0 Å². The lowest BCUT2D eigenvalue weighted by Crippen LogP contribution is -2.30. The Kier molecular flexibility index (Phi) is 68.1. The van der Waals surface area contributed by atoms with Gasteiger partial charge in [-0.1, -0.05) is 365 Å². The van der Waals surface area contributed by atoms with Crippen molar-refractivity contribution in [3.8, 4) is 0 Å². The number of carbonyl (C=O) groups excluding carboxylic acids is 3. The summed E-state index contributed by atoms with van der Waals surface area (Å²) in [5.41, 5.74) is 0. The zero-order valence-corrected chi connectivity index (χ0v) is 54.8. The van der Waals surface area contributed by atoms with Crippen LogP contribution in [0.5, 0.6) is 0 Å². The molecular weight excluding hydrogens is 997 g/mol. The number of unbranched alkanes of at least 4 members (excludes halogenated alkanes) is 51. The number of hydrogen-bond acceptors (Lipinski definition) is 6. The maximum absolute atomic E-state index is 13.0. The smallest absolute Gasteiger partial charge is 0.306 e. The molecule has 0 aliphatic heterocycles. The molecule has 0 aliphatic rings. The Hall–Kier alpha value is -2.37. The molecule has 0 spiro atoms. The largest absolute Gasteiger partial charge is 0.462 e. The van der Waals surface area contributed by atoms with Crippen molar-refractivity contribution < 1.29 is 28.6 Å². The van der Waals surface area contributed by atoms with Crippen molar-refractivity contribution in [2.75, 3.05) is 13.2 Å². The molecule has 0 bridgehead atoms. The summed E-state index contributed by atoms with van der Waals surface area (Å²) >= 11 is 0. The van der Waals surface area contributed by atoms with Crippen molar-refractivity contribution in [2.45, 2.75) is 412 Å². The molecule has 0 heterocycles. The molecule has 0 saturated carbocycles. The fourth-order valence-corrected chi connectivity index (χ4v) is 11.2. The summed E-state index contributed by atoms with van der Waals surface area (Å²) in [4.78, 5) is 38.5. The number of ether oxygens (including phenoxy) is 3. The highest BCUT2D eigenvalue weighted by Gasteiger charge is 2.19. The van der Waals surface area contributed by atoms with E-state index in [1.165, 1.54) is 289 Å². The first-order chi connectivity index (χ1) is 40.0. The van der Waals surface area contributed by atoms with Gasteiger partial charge in [-0.25, -0.2) is 0 Å². The van der Waals surface area contributed by atoms with Crippen LogP contribution < -0.4 is 0 Å². The molecule has 0 radical (unpaired) electrons. The molecule has 0 aromatic rings. The van der Waals surface area contributed by atoms with E-state index in [0.717, 1.165) is 77.0 Å². The van der Waals surface area contributed by atoms with Gasteiger partial charge in [0.05, 0.1) is 0 Å². The molecule has 0 N–H and O–H groups in total. The Bertz CT molecular complexity index is 1350. The van der Waals surface area contributed by atoms with Crippen LogP contribution in [0.3, 0.4) is 0 Å². The van der Waals surface area contributed by atoms with Crippen LogP contribution in [-0.2, 0) is 28.6 Å². The molecule has 81 heavy (non-hydrogen) atoms. The van der Waals surface area contributed by atoms with E-state index in [4.69, 9.17) is 14.2 Å². The molecule has 0 aromatic carbocycles. The average molecular weight is 1140 g/mol. The fraction of sp³-hybridized carbons (Fsp3) is 0.880. The van der Waals surface area contributed by atoms with E-state index in [-0.39, 0.29) is 31.1 Å². The van der Waals surface area contributed by atoms with Gasteiger partial charge >= 0.3 is 17.9 Å². The third kappa shape index (κ3) is 68.3. The van der Waals surface area contributed by atoms with E-state index < -0.39 is 6.10 Å². The summed E-state index contributed by atoms with van der Waals surface area (Å²) < 4.78 is 17.0. The Morgan fingerprint density at radius 2 is 0.444 bits per heavy atom. The van der Waals surface area contributed by atoms with Gasteiger partial charge in [-0.3, -0.25) is 14.4 Å². The third-order valence-corrected chi connectivity index (χ3v) is 16.6. The highest BCUT2D eigenvalue weighted by molar-refractivity contribution is 5.71. The average Bonchev–Trinajstić information content (AvgIpc) is 3.47. The molecule has 0 fully saturated rings. The van der Waals surface area contributed by atoms with Gasteiger partial charge in [0, 0.05) is 19.3 Å². The van der Waals surface area contributed by atoms with Crippen LogP contribution in [0.1, 0.15) is 406 Å². The van der Waals surface area contributed by atoms with Gasteiger partial charge in [0.25, 0.3) is 0 Å². The number of hydrogen-bond donors (Lipinski definition) is 0. The summed E-state index contributed by atoms with van der Waals surface area (Å²) in [5.74, 6) is -0.843. The van der Waals surface area contributed by atoms with Crippen LogP contribution in [0, 0.1) is 0 Å². The molecule has 6 heteroatoms. The van der Waals surface area contributed by atoms with E-state index in [1.807, 2.05) is 0 Å². The normalized spacial score (nSPS) is 12.2. The van der Waals surface area contributed by atoms with Gasteiger partial charge < -0.3 is 14.2 Å². The molecule has 0 aromatic heterocycles. The maximum Gasteiger partial charge on any atom is 0.306 e. The Morgan fingerprint density at radius 1 is 0.247 bits per heavy atom. The minimum absolute atomic E-state index is 0.0691. The minimum atomic E-state index is -0.774. The Morgan fingerprint density at radius 3 is 0.691 bits per heavy atom. The second-order valence-corrected chi connectivity index (χ2v) is 24.9. The van der Waals surface area contributed by atoms with Crippen molar-refractivity contribution in [1.29, 1.82) is 0 Å². The van der Waals surface area contributed by atoms with E-state index >= 15 is 0 Å². The minimum Gasteiger partial charge on any atom is -0.462 e. The van der Waals surface area contributed by atoms with Crippen molar-refractivity contribution in [1.82, 2.24) is 0 Å². The molecule has 0 saturated heterocycles.